The number of methoxy groups -OCH3 is 1. The number of hydrogen-bond acceptors (Lipinski definition) is 4. The highest BCUT2D eigenvalue weighted by Gasteiger charge is 2.32. The molecular weight excluding hydrogens is 276 g/mol. The van der Waals surface area contributed by atoms with Gasteiger partial charge in [-0.2, -0.15) is 0 Å². The molecule has 0 spiro atoms. The summed E-state index contributed by atoms with van der Waals surface area (Å²) >= 11 is 0. The third-order valence-corrected chi connectivity index (χ3v) is 4.97. The highest BCUT2D eigenvalue weighted by molar-refractivity contribution is 5.43. The molecule has 1 aromatic rings. The van der Waals surface area contributed by atoms with Crippen LogP contribution < -0.4 is 15.2 Å². The Labute approximate surface area is 133 Å². The van der Waals surface area contributed by atoms with E-state index >= 15 is 0 Å². The third kappa shape index (κ3) is 3.23. The first-order valence-corrected chi connectivity index (χ1v) is 8.35. The zero-order valence-corrected chi connectivity index (χ0v) is 13.9. The lowest BCUT2D eigenvalue weighted by Gasteiger charge is -2.39. The average Bonchev–Trinajstić information content (AvgIpc) is 2.49. The Kier molecular flexibility index (Phi) is 4.59. The maximum absolute atomic E-state index is 6.54. The number of likely N-dealkylation sites (tertiary alicyclic amines) is 1. The van der Waals surface area contributed by atoms with Gasteiger partial charge in [-0.1, -0.05) is 13.8 Å². The van der Waals surface area contributed by atoms with E-state index in [1.165, 1.54) is 19.5 Å². The topological polar surface area (TPSA) is 47.7 Å². The first kappa shape index (κ1) is 15.6. The maximum Gasteiger partial charge on any atom is 0.124 e. The second-order valence-electron chi connectivity index (χ2n) is 7.17. The van der Waals surface area contributed by atoms with Crippen molar-refractivity contribution in [1.29, 1.82) is 0 Å². The van der Waals surface area contributed by atoms with Gasteiger partial charge in [0.15, 0.2) is 0 Å². The summed E-state index contributed by atoms with van der Waals surface area (Å²) < 4.78 is 11.3. The van der Waals surface area contributed by atoms with Gasteiger partial charge in [0.25, 0.3) is 0 Å². The average molecular weight is 304 g/mol. The molecule has 2 N–H and O–H groups in total. The fraction of sp³-hybridized carbons (Fsp3) is 0.667. The molecule has 1 aromatic carbocycles. The van der Waals surface area contributed by atoms with Crippen LogP contribution in [0.2, 0.25) is 0 Å². The predicted octanol–water partition coefficient (Wildman–Crippen LogP) is 2.68. The summed E-state index contributed by atoms with van der Waals surface area (Å²) in [5, 5.41) is 0. The van der Waals surface area contributed by atoms with Crippen LogP contribution in [0.15, 0.2) is 18.2 Å². The Bertz CT molecular complexity index is 510. The third-order valence-electron chi connectivity index (χ3n) is 4.97. The quantitative estimate of drug-likeness (QED) is 0.932. The summed E-state index contributed by atoms with van der Waals surface area (Å²) in [6.45, 7) is 8.78. The number of hydrogen-bond donors (Lipinski definition) is 1. The van der Waals surface area contributed by atoms with E-state index in [1.54, 1.807) is 7.11 Å². The van der Waals surface area contributed by atoms with Gasteiger partial charge in [0, 0.05) is 37.2 Å². The number of ether oxygens (including phenoxy) is 2. The van der Waals surface area contributed by atoms with Crippen LogP contribution in [-0.2, 0) is 0 Å². The molecule has 0 aromatic heterocycles. The van der Waals surface area contributed by atoms with Crippen molar-refractivity contribution < 1.29 is 9.47 Å². The van der Waals surface area contributed by atoms with Crippen LogP contribution in [0.5, 0.6) is 11.5 Å². The fourth-order valence-electron chi connectivity index (χ4n) is 4.04. The normalized spacial score (nSPS) is 32.2. The molecule has 22 heavy (non-hydrogen) atoms. The van der Waals surface area contributed by atoms with E-state index in [-0.39, 0.29) is 6.04 Å². The van der Waals surface area contributed by atoms with Gasteiger partial charge in [0.05, 0.1) is 13.7 Å². The molecule has 2 aliphatic heterocycles. The monoisotopic (exact) mass is 304 g/mol. The lowest BCUT2D eigenvalue weighted by atomic mass is 9.88. The minimum absolute atomic E-state index is 0.0198. The van der Waals surface area contributed by atoms with Crippen molar-refractivity contribution in [3.05, 3.63) is 23.8 Å². The second kappa shape index (κ2) is 6.47. The van der Waals surface area contributed by atoms with E-state index in [4.69, 9.17) is 15.2 Å². The largest absolute Gasteiger partial charge is 0.497 e. The van der Waals surface area contributed by atoms with Crippen molar-refractivity contribution in [2.75, 3.05) is 33.4 Å². The van der Waals surface area contributed by atoms with Gasteiger partial charge in [-0.25, -0.2) is 0 Å². The summed E-state index contributed by atoms with van der Waals surface area (Å²) in [6, 6.07) is 5.94. The van der Waals surface area contributed by atoms with Crippen LogP contribution in [0.1, 0.15) is 31.9 Å². The van der Waals surface area contributed by atoms with Crippen LogP contribution in [0.3, 0.4) is 0 Å². The van der Waals surface area contributed by atoms with Crippen molar-refractivity contribution in [3.8, 4) is 11.5 Å². The number of benzene rings is 1. The maximum atomic E-state index is 6.54. The molecule has 1 saturated heterocycles. The van der Waals surface area contributed by atoms with Crippen molar-refractivity contribution in [2.45, 2.75) is 26.3 Å². The van der Waals surface area contributed by atoms with Gasteiger partial charge in [-0.05, 0) is 36.5 Å². The van der Waals surface area contributed by atoms with Gasteiger partial charge in [-0.15, -0.1) is 0 Å². The molecule has 4 unspecified atom stereocenters. The van der Waals surface area contributed by atoms with E-state index in [2.05, 4.69) is 18.7 Å². The van der Waals surface area contributed by atoms with E-state index in [9.17, 15) is 0 Å². The van der Waals surface area contributed by atoms with Gasteiger partial charge in [0.1, 0.15) is 11.5 Å². The van der Waals surface area contributed by atoms with E-state index in [0.717, 1.165) is 35.4 Å². The predicted molar refractivity (Wildman–Crippen MR) is 88.3 cm³/mol. The number of piperidine rings is 1. The molecule has 4 heteroatoms. The molecule has 122 valence electrons. The highest BCUT2D eigenvalue weighted by atomic mass is 16.5. The molecule has 4 nitrogen and oxygen atoms in total. The summed E-state index contributed by atoms with van der Waals surface area (Å²) in [5.74, 6) is 3.65. The molecule has 0 radical (unpaired) electrons. The molecule has 3 rings (SSSR count). The number of rotatable bonds is 3. The summed E-state index contributed by atoms with van der Waals surface area (Å²) in [6.07, 6.45) is 1.34. The fourth-order valence-corrected chi connectivity index (χ4v) is 4.04. The molecule has 0 aliphatic carbocycles. The molecule has 4 atom stereocenters. The lowest BCUT2D eigenvalue weighted by Crippen LogP contribution is -2.45. The summed E-state index contributed by atoms with van der Waals surface area (Å²) in [5.41, 5.74) is 7.62. The highest BCUT2D eigenvalue weighted by Crippen LogP contribution is 2.37. The van der Waals surface area contributed by atoms with Crippen LogP contribution in [0, 0.1) is 17.8 Å². The smallest absolute Gasteiger partial charge is 0.124 e. The molecule has 0 bridgehead atoms. The Hall–Kier alpha value is -1.26. The summed E-state index contributed by atoms with van der Waals surface area (Å²) in [4.78, 5) is 2.57. The Morgan fingerprint density at radius 3 is 2.68 bits per heavy atom. The zero-order chi connectivity index (χ0) is 15.7. The van der Waals surface area contributed by atoms with Gasteiger partial charge >= 0.3 is 0 Å². The van der Waals surface area contributed by atoms with Crippen molar-refractivity contribution in [1.82, 2.24) is 4.90 Å². The zero-order valence-electron chi connectivity index (χ0n) is 13.9. The molecule has 0 amide bonds. The molecule has 0 saturated carbocycles. The van der Waals surface area contributed by atoms with Gasteiger partial charge in [0.2, 0.25) is 0 Å². The molecular formula is C18H28N2O2. The second-order valence-corrected chi connectivity index (χ2v) is 7.17. The molecule has 1 fully saturated rings. The Morgan fingerprint density at radius 2 is 2.00 bits per heavy atom. The van der Waals surface area contributed by atoms with Crippen molar-refractivity contribution in [3.63, 3.8) is 0 Å². The first-order valence-electron chi connectivity index (χ1n) is 8.35. The minimum atomic E-state index is 0.0198. The standard InChI is InChI=1S/C18H28N2O2/c1-12-6-13(2)9-20(8-12)10-14-11-22-17-5-4-15(21-3)7-16(17)18(14)19/h4-5,7,12-14,18H,6,8-11,19H2,1-3H3. The molecule has 2 aliphatic rings. The number of nitrogens with two attached hydrogens (primary N) is 1. The lowest BCUT2D eigenvalue weighted by molar-refractivity contribution is 0.0882. The molecule has 2 heterocycles. The first-order chi connectivity index (χ1) is 10.6. The van der Waals surface area contributed by atoms with Gasteiger partial charge in [-0.3, -0.25) is 0 Å². The van der Waals surface area contributed by atoms with Gasteiger partial charge < -0.3 is 20.1 Å². The van der Waals surface area contributed by atoms with E-state index in [1.807, 2.05) is 18.2 Å². The van der Waals surface area contributed by atoms with Crippen LogP contribution in [0.4, 0.5) is 0 Å². The van der Waals surface area contributed by atoms with Crippen LogP contribution in [-0.4, -0.2) is 38.3 Å². The Balaban J connectivity index is 1.70. The van der Waals surface area contributed by atoms with Crippen LogP contribution in [0.25, 0.3) is 0 Å². The van der Waals surface area contributed by atoms with Crippen LogP contribution >= 0.6 is 0 Å². The Morgan fingerprint density at radius 1 is 1.27 bits per heavy atom. The number of fused-ring (bicyclic) bond motifs is 1. The van der Waals surface area contributed by atoms with Crippen molar-refractivity contribution in [2.24, 2.45) is 23.5 Å². The number of nitrogens with zero attached hydrogens (tertiary/aromatic N) is 1. The summed E-state index contributed by atoms with van der Waals surface area (Å²) in [7, 11) is 1.69. The minimum Gasteiger partial charge on any atom is -0.497 e. The van der Waals surface area contributed by atoms with E-state index < -0.39 is 0 Å². The van der Waals surface area contributed by atoms with Crippen molar-refractivity contribution >= 4 is 0 Å². The SMILES string of the molecule is COc1ccc2c(c1)C(N)C(CN1CC(C)CC(C)C1)CO2. The van der Waals surface area contributed by atoms with E-state index in [0.29, 0.717) is 12.5 Å².